The molecule has 89 valence electrons. The van der Waals surface area contributed by atoms with Crippen LogP contribution in [0.25, 0.3) is 0 Å². The normalized spacial score (nSPS) is 10.6. The van der Waals surface area contributed by atoms with Crippen molar-refractivity contribution < 1.29 is 0 Å². The highest BCUT2D eigenvalue weighted by atomic mass is 14.5. The molecule has 0 unspecified atom stereocenters. The smallest absolute Gasteiger partial charge is 0.0178 e. The zero-order valence-corrected chi connectivity index (χ0v) is 10.4. The van der Waals surface area contributed by atoms with E-state index in [9.17, 15) is 0 Å². The molecule has 1 nitrogen and oxygen atoms in total. The van der Waals surface area contributed by atoms with E-state index >= 15 is 0 Å². The van der Waals surface area contributed by atoms with E-state index in [2.05, 4.69) is 37.6 Å². The Labute approximate surface area is 100 Å². The van der Waals surface area contributed by atoms with Crippen LogP contribution in [0, 0.1) is 6.42 Å². The molecule has 1 aromatic rings. The Kier molecular flexibility index (Phi) is 6.91. The second-order valence-electron chi connectivity index (χ2n) is 4.34. The number of benzene rings is 1. The van der Waals surface area contributed by atoms with Crippen LogP contribution in [-0.2, 0) is 13.0 Å². The average Bonchev–Trinajstić information content (AvgIpc) is 2.34. The van der Waals surface area contributed by atoms with Crippen molar-refractivity contribution in [3.05, 3.63) is 41.8 Å². The summed E-state index contributed by atoms with van der Waals surface area (Å²) < 4.78 is 0. The topological polar surface area (TPSA) is 26.0 Å². The van der Waals surface area contributed by atoms with E-state index < -0.39 is 0 Å². The highest BCUT2D eigenvalue weighted by molar-refractivity contribution is 5.22. The Balaban J connectivity index is 2.12. The average molecular weight is 218 g/mol. The van der Waals surface area contributed by atoms with Crippen molar-refractivity contribution in [2.45, 2.75) is 52.0 Å². The molecule has 1 radical (unpaired) electrons. The molecule has 1 aromatic carbocycles. The van der Waals surface area contributed by atoms with E-state index in [1.54, 1.807) is 0 Å². The van der Waals surface area contributed by atoms with Crippen LogP contribution in [-0.4, -0.2) is 0 Å². The van der Waals surface area contributed by atoms with Gasteiger partial charge in [0.05, 0.1) is 0 Å². The van der Waals surface area contributed by atoms with Crippen LogP contribution in [0.15, 0.2) is 24.3 Å². The minimum atomic E-state index is 0.645. The largest absolute Gasteiger partial charge is 0.326 e. The molecule has 0 saturated heterocycles. The molecule has 0 amide bonds. The SMILES string of the molecule is CCC[CH]CCCCc1ccc(CN)cc1. The molecule has 0 saturated carbocycles. The predicted octanol–water partition coefficient (Wildman–Crippen LogP) is 3.86. The molecule has 16 heavy (non-hydrogen) atoms. The van der Waals surface area contributed by atoms with Gasteiger partial charge in [0.15, 0.2) is 0 Å². The van der Waals surface area contributed by atoms with Gasteiger partial charge in [-0.3, -0.25) is 0 Å². The molecule has 0 fully saturated rings. The molecule has 0 heterocycles. The first-order valence-corrected chi connectivity index (χ1v) is 6.46. The number of hydrogen-bond acceptors (Lipinski definition) is 1. The van der Waals surface area contributed by atoms with E-state index in [1.807, 2.05) is 0 Å². The van der Waals surface area contributed by atoms with Gasteiger partial charge in [-0.25, -0.2) is 0 Å². The standard InChI is InChI=1S/C15H24N/c1-2-3-4-5-6-7-8-14-9-11-15(13-16)12-10-14/h4,9-12H,2-3,5-8,13,16H2,1H3. The Bertz CT molecular complexity index is 263. The van der Waals surface area contributed by atoms with E-state index in [0.717, 1.165) is 0 Å². The van der Waals surface area contributed by atoms with Crippen LogP contribution in [0.3, 0.4) is 0 Å². The minimum absolute atomic E-state index is 0.645. The van der Waals surface area contributed by atoms with Gasteiger partial charge in [0.1, 0.15) is 0 Å². The number of aryl methyl sites for hydroxylation is 1. The van der Waals surface area contributed by atoms with Gasteiger partial charge in [0.25, 0.3) is 0 Å². The maximum absolute atomic E-state index is 5.56. The zero-order valence-electron chi connectivity index (χ0n) is 10.4. The molecular formula is C15H24N. The lowest BCUT2D eigenvalue weighted by molar-refractivity contribution is 0.699. The molecule has 0 aliphatic heterocycles. The Morgan fingerprint density at radius 2 is 1.69 bits per heavy atom. The summed E-state index contributed by atoms with van der Waals surface area (Å²) in [4.78, 5) is 0. The van der Waals surface area contributed by atoms with Crippen LogP contribution in [0.2, 0.25) is 0 Å². The van der Waals surface area contributed by atoms with E-state index in [1.165, 1.54) is 49.7 Å². The van der Waals surface area contributed by atoms with Crippen molar-refractivity contribution in [3.8, 4) is 0 Å². The molecule has 0 atom stereocenters. The lowest BCUT2D eigenvalue weighted by Gasteiger charge is -2.03. The summed E-state index contributed by atoms with van der Waals surface area (Å²) in [6, 6.07) is 8.69. The lowest BCUT2D eigenvalue weighted by Crippen LogP contribution is -1.96. The lowest BCUT2D eigenvalue weighted by atomic mass is 10.0. The molecule has 0 aliphatic carbocycles. The molecule has 0 aliphatic rings. The summed E-state index contributed by atoms with van der Waals surface area (Å²) in [6.45, 7) is 2.88. The fraction of sp³-hybridized carbons (Fsp3) is 0.533. The van der Waals surface area contributed by atoms with Gasteiger partial charge in [0, 0.05) is 6.54 Å². The molecule has 0 spiro atoms. The Morgan fingerprint density at radius 1 is 1.00 bits per heavy atom. The summed E-state index contributed by atoms with van der Waals surface area (Å²) >= 11 is 0. The van der Waals surface area contributed by atoms with E-state index in [4.69, 9.17) is 5.73 Å². The molecule has 2 N–H and O–H groups in total. The number of rotatable bonds is 8. The van der Waals surface area contributed by atoms with E-state index in [0.29, 0.717) is 6.54 Å². The van der Waals surface area contributed by atoms with Gasteiger partial charge >= 0.3 is 0 Å². The van der Waals surface area contributed by atoms with Gasteiger partial charge in [-0.2, -0.15) is 0 Å². The van der Waals surface area contributed by atoms with Crippen LogP contribution < -0.4 is 5.73 Å². The fourth-order valence-corrected chi connectivity index (χ4v) is 1.81. The molecular weight excluding hydrogens is 194 g/mol. The Hall–Kier alpha value is -0.820. The monoisotopic (exact) mass is 218 g/mol. The van der Waals surface area contributed by atoms with Gasteiger partial charge in [-0.1, -0.05) is 56.9 Å². The maximum Gasteiger partial charge on any atom is 0.0178 e. The molecule has 0 aromatic heterocycles. The van der Waals surface area contributed by atoms with Crippen molar-refractivity contribution in [2.24, 2.45) is 5.73 Å². The van der Waals surface area contributed by atoms with Crippen molar-refractivity contribution in [1.29, 1.82) is 0 Å². The van der Waals surface area contributed by atoms with Crippen LogP contribution >= 0.6 is 0 Å². The second kappa shape index (κ2) is 8.35. The zero-order chi connectivity index (χ0) is 11.6. The summed E-state index contributed by atoms with van der Waals surface area (Å²) in [6.07, 6.45) is 10.0. The third kappa shape index (κ3) is 5.32. The van der Waals surface area contributed by atoms with Crippen molar-refractivity contribution in [2.75, 3.05) is 0 Å². The highest BCUT2D eigenvalue weighted by Crippen LogP contribution is 2.10. The van der Waals surface area contributed by atoms with Crippen LogP contribution in [0.4, 0.5) is 0 Å². The minimum Gasteiger partial charge on any atom is -0.326 e. The first kappa shape index (κ1) is 13.2. The Morgan fingerprint density at radius 3 is 2.31 bits per heavy atom. The second-order valence-corrected chi connectivity index (χ2v) is 4.34. The van der Waals surface area contributed by atoms with Crippen molar-refractivity contribution in [1.82, 2.24) is 0 Å². The van der Waals surface area contributed by atoms with Gasteiger partial charge in [-0.15, -0.1) is 0 Å². The van der Waals surface area contributed by atoms with Crippen molar-refractivity contribution >= 4 is 0 Å². The van der Waals surface area contributed by atoms with Gasteiger partial charge in [0.2, 0.25) is 0 Å². The number of hydrogen-bond donors (Lipinski definition) is 1. The summed E-state index contributed by atoms with van der Waals surface area (Å²) in [5.41, 5.74) is 8.22. The quantitative estimate of drug-likeness (QED) is 0.659. The summed E-state index contributed by atoms with van der Waals surface area (Å²) in [5.74, 6) is 0. The molecule has 1 rings (SSSR count). The third-order valence-electron chi connectivity index (χ3n) is 2.88. The van der Waals surface area contributed by atoms with Crippen LogP contribution in [0.1, 0.15) is 50.2 Å². The molecule has 1 heteroatoms. The summed E-state index contributed by atoms with van der Waals surface area (Å²) in [7, 11) is 0. The number of unbranched alkanes of at least 4 members (excludes halogenated alkanes) is 5. The fourth-order valence-electron chi connectivity index (χ4n) is 1.81. The van der Waals surface area contributed by atoms with Gasteiger partial charge < -0.3 is 5.73 Å². The van der Waals surface area contributed by atoms with Gasteiger partial charge in [-0.05, 0) is 30.4 Å². The van der Waals surface area contributed by atoms with Crippen molar-refractivity contribution in [3.63, 3.8) is 0 Å². The summed E-state index contributed by atoms with van der Waals surface area (Å²) in [5, 5.41) is 0. The third-order valence-corrected chi connectivity index (χ3v) is 2.88. The predicted molar refractivity (Wildman–Crippen MR) is 71.1 cm³/mol. The van der Waals surface area contributed by atoms with E-state index in [-0.39, 0.29) is 0 Å². The van der Waals surface area contributed by atoms with Crippen LogP contribution in [0.5, 0.6) is 0 Å². The highest BCUT2D eigenvalue weighted by Gasteiger charge is 1.94. The maximum atomic E-state index is 5.56. The first-order chi connectivity index (χ1) is 7.86. The first-order valence-electron chi connectivity index (χ1n) is 6.46. The molecule has 0 bridgehead atoms. The number of nitrogens with two attached hydrogens (primary N) is 1.